The van der Waals surface area contributed by atoms with Gasteiger partial charge in [0.2, 0.25) is 5.91 Å². The maximum absolute atomic E-state index is 13.0. The minimum absolute atomic E-state index is 0.0148. The van der Waals surface area contributed by atoms with Crippen molar-refractivity contribution in [2.45, 2.75) is 25.3 Å². The number of hydrogen-bond acceptors (Lipinski definition) is 7. The molecule has 1 atom stereocenters. The first-order chi connectivity index (χ1) is 16.5. The summed E-state index contributed by atoms with van der Waals surface area (Å²) in [6.07, 6.45) is 5.95. The lowest BCUT2D eigenvalue weighted by molar-refractivity contribution is -0.137. The molecule has 3 aromatic rings. The molecule has 2 amide bonds. The number of carboxylic acids is 1. The number of nitrogens with one attached hydrogen (secondary N) is 2. The molecule has 11 heteroatoms. The summed E-state index contributed by atoms with van der Waals surface area (Å²) in [6, 6.07) is 10.4. The lowest BCUT2D eigenvalue weighted by atomic mass is 10.2. The van der Waals surface area contributed by atoms with Crippen molar-refractivity contribution in [2.75, 3.05) is 24.8 Å². The molecule has 0 aliphatic rings. The third-order valence-electron chi connectivity index (χ3n) is 4.80. The molecule has 1 aromatic carbocycles. The van der Waals surface area contributed by atoms with E-state index in [-0.39, 0.29) is 32.0 Å². The van der Waals surface area contributed by atoms with Gasteiger partial charge in [-0.15, -0.1) is 11.3 Å². The highest BCUT2D eigenvalue weighted by Crippen LogP contribution is 2.24. The van der Waals surface area contributed by atoms with Crippen molar-refractivity contribution in [1.29, 1.82) is 0 Å². The summed E-state index contributed by atoms with van der Waals surface area (Å²) in [5, 5.41) is 16.5. The Labute approximate surface area is 205 Å². The molecule has 0 bridgehead atoms. The number of aromatic nitrogens is 2. The van der Waals surface area contributed by atoms with E-state index in [2.05, 4.69) is 15.6 Å². The highest BCUT2D eigenvalue weighted by Gasteiger charge is 2.23. The van der Waals surface area contributed by atoms with E-state index < -0.39 is 17.9 Å². The number of thiazole rings is 1. The number of carbonyl (C=O) groups excluding carboxylic acids is 2. The van der Waals surface area contributed by atoms with Gasteiger partial charge in [0, 0.05) is 49.2 Å². The molecule has 3 rings (SSSR count). The summed E-state index contributed by atoms with van der Waals surface area (Å²) in [5.74, 6) is -1.66. The molecule has 0 aliphatic carbocycles. The highest BCUT2D eigenvalue weighted by molar-refractivity contribution is 7.97. The number of carboxylic acid groups (broad SMARTS) is 1. The van der Waals surface area contributed by atoms with Gasteiger partial charge in [-0.25, -0.2) is 4.98 Å². The van der Waals surface area contributed by atoms with Crippen LogP contribution in [0.2, 0.25) is 0 Å². The lowest BCUT2D eigenvalue weighted by Gasteiger charge is -2.17. The second kappa shape index (κ2) is 12.9. The standard InChI is InChI=1S/C23H26N4O5S2/c1-33-27-11-9-17(14-27)21(30)24-18(10-13-32-12-5-8-20(28)29)22(31)26-23-25-19(15-34-23)16-6-3-2-4-7-16/h2-4,6-7,9,11,14-15,18H,5,8,10,12-13H2,1H3,(H,24,30)(H,28,29)(H,25,26,31). The van der Waals surface area contributed by atoms with E-state index in [9.17, 15) is 14.4 Å². The summed E-state index contributed by atoms with van der Waals surface area (Å²) in [6.45, 7) is 0.453. The van der Waals surface area contributed by atoms with Crippen LogP contribution in [0.1, 0.15) is 29.6 Å². The van der Waals surface area contributed by atoms with E-state index in [1.807, 2.05) is 42.0 Å². The van der Waals surface area contributed by atoms with Crippen molar-refractivity contribution in [2.24, 2.45) is 0 Å². The van der Waals surface area contributed by atoms with Crippen LogP contribution in [0.5, 0.6) is 0 Å². The molecule has 0 saturated heterocycles. The van der Waals surface area contributed by atoms with Crippen molar-refractivity contribution in [3.05, 3.63) is 59.7 Å². The Bertz CT molecular complexity index is 1100. The van der Waals surface area contributed by atoms with Gasteiger partial charge in [-0.05, 0) is 30.9 Å². The molecule has 0 saturated carbocycles. The fourth-order valence-electron chi connectivity index (χ4n) is 3.03. The van der Waals surface area contributed by atoms with Gasteiger partial charge in [0.15, 0.2) is 5.13 Å². The van der Waals surface area contributed by atoms with Gasteiger partial charge in [-0.2, -0.15) is 0 Å². The van der Waals surface area contributed by atoms with Crippen molar-refractivity contribution in [3.63, 3.8) is 0 Å². The first kappa shape index (κ1) is 25.5. The molecule has 0 fully saturated rings. The lowest BCUT2D eigenvalue weighted by Crippen LogP contribution is -2.44. The second-order valence-corrected chi connectivity index (χ2v) is 8.91. The first-order valence-electron chi connectivity index (χ1n) is 10.6. The predicted molar refractivity (Wildman–Crippen MR) is 133 cm³/mol. The molecule has 34 heavy (non-hydrogen) atoms. The average Bonchev–Trinajstić information content (AvgIpc) is 3.50. The Balaban J connectivity index is 1.62. The smallest absolute Gasteiger partial charge is 0.303 e. The van der Waals surface area contributed by atoms with Crippen molar-refractivity contribution >= 4 is 46.2 Å². The van der Waals surface area contributed by atoms with Crippen LogP contribution in [-0.4, -0.2) is 57.4 Å². The van der Waals surface area contributed by atoms with E-state index in [1.165, 1.54) is 23.3 Å². The maximum atomic E-state index is 13.0. The molecule has 2 heterocycles. The number of rotatable bonds is 13. The normalized spacial score (nSPS) is 11.7. The molecular weight excluding hydrogens is 476 g/mol. The Morgan fingerprint density at radius 1 is 1.21 bits per heavy atom. The number of ether oxygens (including phenoxy) is 1. The van der Waals surface area contributed by atoms with E-state index in [1.54, 1.807) is 22.4 Å². The van der Waals surface area contributed by atoms with Gasteiger partial charge in [-0.1, -0.05) is 30.3 Å². The van der Waals surface area contributed by atoms with Crippen LogP contribution < -0.4 is 10.6 Å². The zero-order valence-electron chi connectivity index (χ0n) is 18.6. The molecule has 2 aromatic heterocycles. The van der Waals surface area contributed by atoms with Crippen LogP contribution in [0, 0.1) is 0 Å². The Morgan fingerprint density at radius 3 is 2.71 bits per heavy atom. The summed E-state index contributed by atoms with van der Waals surface area (Å²) in [4.78, 5) is 40.8. The Kier molecular flexibility index (Phi) is 9.68. The van der Waals surface area contributed by atoms with Crippen molar-refractivity contribution in [1.82, 2.24) is 14.3 Å². The number of amides is 2. The molecule has 1 unspecified atom stereocenters. The number of carbonyl (C=O) groups is 3. The van der Waals surface area contributed by atoms with Crippen LogP contribution in [0.4, 0.5) is 5.13 Å². The topological polar surface area (TPSA) is 123 Å². The summed E-state index contributed by atoms with van der Waals surface area (Å²) >= 11 is 2.75. The van der Waals surface area contributed by atoms with E-state index in [0.717, 1.165) is 11.3 Å². The Morgan fingerprint density at radius 2 is 2.00 bits per heavy atom. The molecular formula is C23H26N4O5S2. The Hall–Kier alpha value is -3.15. The van der Waals surface area contributed by atoms with Gasteiger partial charge in [-0.3, -0.25) is 18.4 Å². The van der Waals surface area contributed by atoms with E-state index in [0.29, 0.717) is 17.1 Å². The average molecular weight is 503 g/mol. The first-order valence-corrected chi connectivity index (χ1v) is 12.7. The third-order valence-corrected chi connectivity index (χ3v) is 6.20. The maximum Gasteiger partial charge on any atom is 0.303 e. The number of nitrogens with zero attached hydrogens (tertiary/aromatic N) is 2. The van der Waals surface area contributed by atoms with Crippen molar-refractivity contribution in [3.8, 4) is 11.3 Å². The van der Waals surface area contributed by atoms with Crippen LogP contribution in [0.25, 0.3) is 11.3 Å². The quantitative estimate of drug-likeness (QED) is 0.304. The van der Waals surface area contributed by atoms with Crippen LogP contribution in [0.3, 0.4) is 0 Å². The number of benzene rings is 1. The number of hydrogen-bond donors (Lipinski definition) is 3. The van der Waals surface area contributed by atoms with Crippen LogP contribution >= 0.6 is 23.3 Å². The number of anilines is 1. The molecule has 180 valence electrons. The zero-order chi connectivity index (χ0) is 24.3. The fraction of sp³-hybridized carbons (Fsp3) is 0.304. The van der Waals surface area contributed by atoms with Gasteiger partial charge in [0.1, 0.15) is 6.04 Å². The summed E-state index contributed by atoms with van der Waals surface area (Å²) in [5.41, 5.74) is 2.13. The monoisotopic (exact) mass is 502 g/mol. The zero-order valence-corrected chi connectivity index (χ0v) is 20.2. The van der Waals surface area contributed by atoms with E-state index >= 15 is 0 Å². The SMILES string of the molecule is CSn1ccc(C(=O)NC(CCOCCCC(=O)O)C(=O)Nc2nc(-c3ccccc3)cs2)c1. The summed E-state index contributed by atoms with van der Waals surface area (Å²) in [7, 11) is 0. The summed E-state index contributed by atoms with van der Waals surface area (Å²) < 4.78 is 7.26. The van der Waals surface area contributed by atoms with E-state index in [4.69, 9.17) is 9.84 Å². The minimum Gasteiger partial charge on any atom is -0.481 e. The third kappa shape index (κ3) is 7.72. The van der Waals surface area contributed by atoms with Crippen LogP contribution in [-0.2, 0) is 14.3 Å². The number of aliphatic carboxylic acids is 1. The molecule has 9 nitrogen and oxygen atoms in total. The van der Waals surface area contributed by atoms with Gasteiger partial charge in [0.25, 0.3) is 5.91 Å². The minimum atomic E-state index is -0.886. The van der Waals surface area contributed by atoms with Gasteiger partial charge < -0.3 is 20.5 Å². The molecule has 0 spiro atoms. The second-order valence-electron chi connectivity index (χ2n) is 7.26. The molecule has 3 N–H and O–H groups in total. The molecule has 0 radical (unpaired) electrons. The van der Waals surface area contributed by atoms with Gasteiger partial charge >= 0.3 is 5.97 Å². The molecule has 0 aliphatic heterocycles. The van der Waals surface area contributed by atoms with Gasteiger partial charge in [0.05, 0.1) is 11.3 Å². The van der Waals surface area contributed by atoms with Crippen molar-refractivity contribution < 1.29 is 24.2 Å². The predicted octanol–water partition coefficient (Wildman–Crippen LogP) is 3.75. The van der Waals surface area contributed by atoms with Crippen LogP contribution in [0.15, 0.2) is 54.2 Å². The largest absolute Gasteiger partial charge is 0.481 e. The highest BCUT2D eigenvalue weighted by atomic mass is 32.2. The fourth-order valence-corrected chi connectivity index (χ4v) is 4.15.